The van der Waals surface area contributed by atoms with Crippen molar-refractivity contribution in [2.45, 2.75) is 39.0 Å². The molecule has 0 radical (unpaired) electrons. The smallest absolute Gasteiger partial charge is 0.387 e. The van der Waals surface area contributed by atoms with Gasteiger partial charge in [0.2, 0.25) is 5.91 Å². The second kappa shape index (κ2) is 9.33. The lowest BCUT2D eigenvalue weighted by molar-refractivity contribution is -0.121. The number of amides is 3. The van der Waals surface area contributed by atoms with Crippen LogP contribution in [0.2, 0.25) is 0 Å². The Bertz CT molecular complexity index is 638. The number of carbonyl (C=O) groups is 2. The van der Waals surface area contributed by atoms with E-state index < -0.39 is 18.5 Å². The van der Waals surface area contributed by atoms with Gasteiger partial charge in [-0.05, 0) is 37.5 Å². The molecule has 7 nitrogen and oxygen atoms in total. The van der Waals surface area contributed by atoms with Crippen LogP contribution in [-0.4, -0.2) is 49.7 Å². The molecular weight excluding hydrogens is 348 g/mol. The molecule has 1 saturated carbocycles. The van der Waals surface area contributed by atoms with Crippen molar-refractivity contribution < 1.29 is 27.8 Å². The molecule has 0 aliphatic heterocycles. The van der Waals surface area contributed by atoms with Gasteiger partial charge in [0.05, 0.1) is 13.2 Å². The Morgan fingerprint density at radius 3 is 2.62 bits per heavy atom. The number of nitrogens with zero attached hydrogens (tertiary/aromatic N) is 1. The molecule has 3 amide bonds. The van der Waals surface area contributed by atoms with Gasteiger partial charge in [-0.1, -0.05) is 6.07 Å². The average Bonchev–Trinajstić information content (AvgIpc) is 3.41. The fraction of sp³-hybridized carbons (Fsp3) is 0.529. The van der Waals surface area contributed by atoms with Crippen molar-refractivity contribution in [2.24, 2.45) is 0 Å². The van der Waals surface area contributed by atoms with Gasteiger partial charge in [0.15, 0.2) is 11.5 Å². The Morgan fingerprint density at radius 2 is 2.04 bits per heavy atom. The van der Waals surface area contributed by atoms with Crippen LogP contribution in [0.25, 0.3) is 0 Å². The number of nitrogens with one attached hydrogen (secondary N) is 2. The summed E-state index contributed by atoms with van der Waals surface area (Å²) in [5.74, 6) is -0.198. The average molecular weight is 371 g/mol. The zero-order chi connectivity index (χ0) is 19.1. The van der Waals surface area contributed by atoms with Crippen molar-refractivity contribution in [3.05, 3.63) is 23.8 Å². The van der Waals surface area contributed by atoms with E-state index in [1.165, 1.54) is 13.1 Å². The molecule has 2 rings (SSSR count). The lowest BCUT2D eigenvalue weighted by Crippen LogP contribution is -2.43. The third-order valence-corrected chi connectivity index (χ3v) is 3.80. The third-order valence-electron chi connectivity index (χ3n) is 3.80. The van der Waals surface area contributed by atoms with Crippen LogP contribution in [0.3, 0.4) is 0 Å². The largest absolute Gasteiger partial charge is 0.490 e. The summed E-state index contributed by atoms with van der Waals surface area (Å²) in [6.45, 7) is -0.378. The van der Waals surface area contributed by atoms with Gasteiger partial charge >= 0.3 is 12.6 Å². The minimum atomic E-state index is -2.93. The maximum Gasteiger partial charge on any atom is 0.387 e. The van der Waals surface area contributed by atoms with Crippen molar-refractivity contribution in [3.63, 3.8) is 0 Å². The normalized spacial score (nSPS) is 13.6. The van der Waals surface area contributed by atoms with Crippen molar-refractivity contribution in [3.8, 4) is 11.5 Å². The van der Waals surface area contributed by atoms with E-state index in [9.17, 15) is 18.4 Å². The maximum absolute atomic E-state index is 12.5. The number of hydrogen-bond acceptors (Lipinski definition) is 5. The third kappa shape index (κ3) is 6.14. The predicted molar refractivity (Wildman–Crippen MR) is 90.3 cm³/mol. The second-order valence-corrected chi connectivity index (χ2v) is 5.86. The van der Waals surface area contributed by atoms with Gasteiger partial charge in [-0.15, -0.1) is 0 Å². The van der Waals surface area contributed by atoms with Crippen LogP contribution in [0.5, 0.6) is 11.5 Å². The summed E-state index contributed by atoms with van der Waals surface area (Å²) in [5, 5.41) is 4.56. The summed E-state index contributed by atoms with van der Waals surface area (Å²) >= 11 is 0. The number of imide groups is 1. The summed E-state index contributed by atoms with van der Waals surface area (Å²) in [7, 11) is 1.43. The molecule has 1 aliphatic carbocycles. The number of benzene rings is 1. The van der Waals surface area contributed by atoms with E-state index in [-0.39, 0.29) is 24.1 Å². The number of urea groups is 1. The number of alkyl halides is 2. The van der Waals surface area contributed by atoms with Gasteiger partial charge in [-0.25, -0.2) is 4.79 Å². The van der Waals surface area contributed by atoms with Gasteiger partial charge < -0.3 is 14.8 Å². The van der Waals surface area contributed by atoms with Gasteiger partial charge in [0.1, 0.15) is 0 Å². The summed E-state index contributed by atoms with van der Waals surface area (Å²) in [6.07, 6.45) is 1.94. The molecule has 0 spiro atoms. The molecule has 1 fully saturated rings. The van der Waals surface area contributed by atoms with Crippen LogP contribution in [0.15, 0.2) is 18.2 Å². The van der Waals surface area contributed by atoms with Crippen LogP contribution in [0, 0.1) is 0 Å². The van der Waals surface area contributed by atoms with E-state index in [1.807, 2.05) is 4.90 Å². The van der Waals surface area contributed by atoms with E-state index in [2.05, 4.69) is 15.4 Å². The van der Waals surface area contributed by atoms with E-state index in [0.717, 1.165) is 18.4 Å². The lowest BCUT2D eigenvalue weighted by Gasteiger charge is -2.22. The lowest BCUT2D eigenvalue weighted by atomic mass is 10.2. The summed E-state index contributed by atoms with van der Waals surface area (Å²) < 4.78 is 34.8. The minimum absolute atomic E-state index is 0.0269. The van der Waals surface area contributed by atoms with Crippen LogP contribution < -0.4 is 20.1 Å². The van der Waals surface area contributed by atoms with Crippen LogP contribution in [0.1, 0.15) is 25.3 Å². The molecule has 9 heteroatoms. The molecule has 1 aliphatic rings. The summed E-state index contributed by atoms with van der Waals surface area (Å²) in [6, 6.07) is 4.43. The van der Waals surface area contributed by atoms with E-state index in [0.29, 0.717) is 13.2 Å². The van der Waals surface area contributed by atoms with Gasteiger partial charge in [-0.3, -0.25) is 15.0 Å². The van der Waals surface area contributed by atoms with Crippen LogP contribution in [0.4, 0.5) is 13.6 Å². The molecule has 0 heterocycles. The predicted octanol–water partition coefficient (Wildman–Crippen LogP) is 2.11. The van der Waals surface area contributed by atoms with Crippen molar-refractivity contribution in [1.29, 1.82) is 0 Å². The minimum Gasteiger partial charge on any atom is -0.490 e. The first kappa shape index (κ1) is 19.9. The summed E-state index contributed by atoms with van der Waals surface area (Å²) in [4.78, 5) is 25.1. The number of rotatable bonds is 9. The van der Waals surface area contributed by atoms with Gasteiger partial charge in [0, 0.05) is 19.6 Å². The SMILES string of the molecule is CCOc1cc(CN(CC(=O)NC(=O)NC)C2CC2)ccc1OC(F)F. The van der Waals surface area contributed by atoms with E-state index in [4.69, 9.17) is 4.74 Å². The maximum atomic E-state index is 12.5. The first-order chi connectivity index (χ1) is 12.4. The van der Waals surface area contributed by atoms with E-state index >= 15 is 0 Å². The summed E-state index contributed by atoms with van der Waals surface area (Å²) in [5.41, 5.74) is 0.801. The molecule has 0 aromatic heterocycles. The highest BCUT2D eigenvalue weighted by Gasteiger charge is 2.30. The molecule has 0 atom stereocenters. The molecular formula is C17H23F2N3O4. The Kier molecular flexibility index (Phi) is 7.14. The van der Waals surface area contributed by atoms with Crippen LogP contribution >= 0.6 is 0 Å². The number of ether oxygens (including phenoxy) is 2. The molecule has 0 saturated heterocycles. The Morgan fingerprint density at radius 1 is 1.31 bits per heavy atom. The fourth-order valence-corrected chi connectivity index (χ4v) is 2.51. The molecule has 1 aromatic rings. The fourth-order valence-electron chi connectivity index (χ4n) is 2.51. The number of carbonyl (C=O) groups excluding carboxylic acids is 2. The quantitative estimate of drug-likeness (QED) is 0.695. The topological polar surface area (TPSA) is 79.9 Å². The zero-order valence-electron chi connectivity index (χ0n) is 14.8. The van der Waals surface area contributed by atoms with Gasteiger partial charge in [-0.2, -0.15) is 8.78 Å². The highest BCUT2D eigenvalue weighted by atomic mass is 19.3. The molecule has 144 valence electrons. The number of halogens is 2. The molecule has 26 heavy (non-hydrogen) atoms. The van der Waals surface area contributed by atoms with Gasteiger partial charge in [0.25, 0.3) is 0 Å². The van der Waals surface area contributed by atoms with Crippen molar-refractivity contribution >= 4 is 11.9 Å². The van der Waals surface area contributed by atoms with Crippen LogP contribution in [-0.2, 0) is 11.3 Å². The molecule has 0 unspecified atom stereocenters. The Balaban J connectivity index is 2.06. The van der Waals surface area contributed by atoms with Crippen molar-refractivity contribution in [2.75, 3.05) is 20.2 Å². The second-order valence-electron chi connectivity index (χ2n) is 5.86. The Labute approximate surface area is 150 Å². The Hall–Kier alpha value is -2.42. The number of hydrogen-bond donors (Lipinski definition) is 2. The highest BCUT2D eigenvalue weighted by molar-refractivity contribution is 5.95. The zero-order valence-corrected chi connectivity index (χ0v) is 14.8. The molecule has 2 N–H and O–H groups in total. The molecule has 0 bridgehead atoms. The standard InChI is InChI=1S/C17H23F2N3O4/c1-3-25-14-8-11(4-7-13(14)26-16(18)19)9-22(12-5-6-12)10-15(23)21-17(24)20-2/h4,7-8,12,16H,3,5-6,9-10H2,1-2H3,(H2,20,21,23,24). The monoisotopic (exact) mass is 371 g/mol. The first-order valence-electron chi connectivity index (χ1n) is 8.39. The van der Waals surface area contributed by atoms with E-state index in [1.54, 1.807) is 19.1 Å². The molecule has 1 aromatic carbocycles. The van der Waals surface area contributed by atoms with Crippen molar-refractivity contribution in [1.82, 2.24) is 15.5 Å². The highest BCUT2D eigenvalue weighted by Crippen LogP contribution is 2.32. The first-order valence-corrected chi connectivity index (χ1v) is 8.39.